The van der Waals surface area contributed by atoms with Gasteiger partial charge in [-0.1, -0.05) is 37.3 Å². The average molecular weight is 410 g/mol. The number of hydrogen-bond donors (Lipinski definition) is 1. The number of unbranched alkanes of at least 4 members (excludes halogenated alkanes) is 1. The van der Waals surface area contributed by atoms with Crippen molar-refractivity contribution < 1.29 is 4.74 Å². The maximum atomic E-state index is 8.57. The van der Waals surface area contributed by atoms with Crippen LogP contribution in [0.1, 0.15) is 31.0 Å². The van der Waals surface area contributed by atoms with Crippen LogP contribution in [-0.4, -0.2) is 11.2 Å². The van der Waals surface area contributed by atoms with Gasteiger partial charge in [-0.2, -0.15) is 5.26 Å². The maximum Gasteiger partial charge on any atom is 0.119 e. The predicted molar refractivity (Wildman–Crippen MR) is 127 cm³/mol. The summed E-state index contributed by atoms with van der Waals surface area (Å²) in [5, 5.41) is 13.3. The van der Waals surface area contributed by atoms with Crippen molar-refractivity contribution in [1.82, 2.24) is 4.57 Å². The number of aromatic nitrogens is 1. The van der Waals surface area contributed by atoms with E-state index in [1.165, 1.54) is 27.8 Å². The average Bonchev–Trinajstić information content (AvgIpc) is 3.20. The first-order valence-corrected chi connectivity index (χ1v) is 10.8. The quantitative estimate of drug-likeness (QED) is 0.322. The van der Waals surface area contributed by atoms with E-state index in [0.717, 1.165) is 30.8 Å². The van der Waals surface area contributed by atoms with Crippen molar-refractivity contribution in [1.29, 1.82) is 5.26 Å². The van der Waals surface area contributed by atoms with Gasteiger partial charge < -0.3 is 14.6 Å². The van der Waals surface area contributed by atoms with E-state index >= 15 is 0 Å². The number of nitrogens with one attached hydrogen (secondary N) is 1. The summed E-state index contributed by atoms with van der Waals surface area (Å²) in [7, 11) is 0. The Morgan fingerprint density at radius 3 is 2.48 bits per heavy atom. The third-order valence-electron chi connectivity index (χ3n) is 5.40. The molecule has 0 aliphatic carbocycles. The van der Waals surface area contributed by atoms with Crippen molar-refractivity contribution in [3.63, 3.8) is 0 Å². The molecule has 0 aliphatic rings. The lowest BCUT2D eigenvalue weighted by atomic mass is 10.2. The third-order valence-corrected chi connectivity index (χ3v) is 5.40. The first kappa shape index (κ1) is 20.6. The molecule has 4 rings (SSSR count). The molecule has 4 nitrogen and oxygen atoms in total. The van der Waals surface area contributed by atoms with Crippen LogP contribution < -0.4 is 10.1 Å². The molecule has 1 N–H and O–H groups in total. The highest BCUT2D eigenvalue weighted by molar-refractivity contribution is 5.83. The highest BCUT2D eigenvalue weighted by atomic mass is 16.5. The Morgan fingerprint density at radius 2 is 1.74 bits per heavy atom. The lowest BCUT2D eigenvalue weighted by molar-refractivity contribution is 0.312. The monoisotopic (exact) mass is 409 g/mol. The van der Waals surface area contributed by atoms with E-state index in [-0.39, 0.29) is 0 Å². The van der Waals surface area contributed by atoms with Gasteiger partial charge in [0, 0.05) is 35.4 Å². The molecule has 1 aromatic heterocycles. The zero-order valence-electron chi connectivity index (χ0n) is 17.8. The van der Waals surface area contributed by atoms with E-state index in [2.05, 4.69) is 89.6 Å². The first-order valence-electron chi connectivity index (χ1n) is 10.8. The standard InChI is InChI=1S/C27H27N3O/c1-2-24-19-22-7-3-4-8-27(22)30(24)25-13-11-23(12-14-25)29-20-21-9-15-26(16-10-21)31-18-6-5-17-28/h3-4,7-16,19,29H,2,5-6,18,20H2,1H3. The molecule has 0 bridgehead atoms. The Morgan fingerprint density at radius 1 is 0.968 bits per heavy atom. The van der Waals surface area contributed by atoms with E-state index in [1.54, 1.807) is 0 Å². The summed E-state index contributed by atoms with van der Waals surface area (Å²) in [6.45, 7) is 3.53. The SMILES string of the molecule is CCc1cc2ccccc2n1-c1ccc(NCc2ccc(OCCCC#N)cc2)cc1. The summed E-state index contributed by atoms with van der Waals surface area (Å²) in [4.78, 5) is 0. The van der Waals surface area contributed by atoms with Crippen LogP contribution in [0, 0.1) is 11.3 Å². The van der Waals surface area contributed by atoms with Gasteiger partial charge in [0.25, 0.3) is 0 Å². The molecule has 4 aromatic rings. The highest BCUT2D eigenvalue weighted by Crippen LogP contribution is 2.26. The van der Waals surface area contributed by atoms with Crippen LogP contribution in [0.5, 0.6) is 5.75 Å². The number of anilines is 1. The Labute approximate surface area is 183 Å². The van der Waals surface area contributed by atoms with Crippen LogP contribution in [0.2, 0.25) is 0 Å². The molecule has 0 unspecified atom stereocenters. The summed E-state index contributed by atoms with van der Waals surface area (Å²) in [5.41, 5.74) is 6.03. The molecule has 0 saturated carbocycles. The molecule has 3 aromatic carbocycles. The fourth-order valence-electron chi connectivity index (χ4n) is 3.75. The van der Waals surface area contributed by atoms with Crippen LogP contribution in [-0.2, 0) is 13.0 Å². The molecular formula is C27H27N3O. The lowest BCUT2D eigenvalue weighted by Crippen LogP contribution is -2.02. The molecule has 0 spiro atoms. The van der Waals surface area contributed by atoms with Gasteiger partial charge in [0.2, 0.25) is 0 Å². The summed E-state index contributed by atoms with van der Waals surface area (Å²) < 4.78 is 7.99. The lowest BCUT2D eigenvalue weighted by Gasteiger charge is -2.12. The third kappa shape index (κ3) is 4.90. The molecule has 0 radical (unpaired) electrons. The molecule has 0 aliphatic heterocycles. The number of nitrogens with zero attached hydrogens (tertiary/aromatic N) is 2. The molecule has 1 heterocycles. The Balaban J connectivity index is 1.39. The number of nitriles is 1. The minimum atomic E-state index is 0.529. The minimum absolute atomic E-state index is 0.529. The Kier molecular flexibility index (Phi) is 6.54. The maximum absolute atomic E-state index is 8.57. The molecular weight excluding hydrogens is 382 g/mol. The second-order valence-corrected chi connectivity index (χ2v) is 7.54. The van der Waals surface area contributed by atoms with Gasteiger partial charge in [-0.05, 0) is 66.9 Å². The van der Waals surface area contributed by atoms with Crippen LogP contribution >= 0.6 is 0 Å². The number of para-hydroxylation sites is 1. The molecule has 4 heteroatoms. The number of benzene rings is 3. The van der Waals surface area contributed by atoms with Gasteiger partial charge in [0.05, 0.1) is 18.2 Å². The summed E-state index contributed by atoms with van der Waals surface area (Å²) in [6, 6.07) is 29.7. The van der Waals surface area contributed by atoms with Crippen LogP contribution in [0.3, 0.4) is 0 Å². The van der Waals surface area contributed by atoms with E-state index in [9.17, 15) is 0 Å². The van der Waals surface area contributed by atoms with Gasteiger partial charge >= 0.3 is 0 Å². The molecule has 0 fully saturated rings. The summed E-state index contributed by atoms with van der Waals surface area (Å²) >= 11 is 0. The highest BCUT2D eigenvalue weighted by Gasteiger charge is 2.09. The molecule has 0 atom stereocenters. The second-order valence-electron chi connectivity index (χ2n) is 7.54. The predicted octanol–water partition coefficient (Wildman–Crippen LogP) is 6.49. The second kappa shape index (κ2) is 9.86. The normalized spacial score (nSPS) is 10.7. The van der Waals surface area contributed by atoms with E-state index in [1.807, 2.05) is 12.1 Å². The van der Waals surface area contributed by atoms with Crippen LogP contribution in [0.15, 0.2) is 78.9 Å². The molecule has 31 heavy (non-hydrogen) atoms. The van der Waals surface area contributed by atoms with Crippen LogP contribution in [0.25, 0.3) is 16.6 Å². The largest absolute Gasteiger partial charge is 0.494 e. The van der Waals surface area contributed by atoms with Gasteiger partial charge in [0.1, 0.15) is 5.75 Å². The van der Waals surface area contributed by atoms with Gasteiger partial charge in [-0.3, -0.25) is 0 Å². The number of fused-ring (bicyclic) bond motifs is 1. The van der Waals surface area contributed by atoms with Crippen molar-refractivity contribution in [3.05, 3.63) is 90.1 Å². The molecule has 0 amide bonds. The van der Waals surface area contributed by atoms with Crippen molar-refractivity contribution in [3.8, 4) is 17.5 Å². The number of rotatable bonds is 9. The number of hydrogen-bond acceptors (Lipinski definition) is 3. The van der Waals surface area contributed by atoms with Crippen LogP contribution in [0.4, 0.5) is 5.69 Å². The Bertz CT molecular complexity index is 1170. The van der Waals surface area contributed by atoms with Crippen molar-refractivity contribution in [2.45, 2.75) is 32.7 Å². The molecule has 156 valence electrons. The van der Waals surface area contributed by atoms with E-state index in [0.29, 0.717) is 13.0 Å². The minimum Gasteiger partial charge on any atom is -0.494 e. The van der Waals surface area contributed by atoms with Gasteiger partial charge in [0.15, 0.2) is 0 Å². The Hall–Kier alpha value is -3.71. The number of ether oxygens (including phenoxy) is 1. The van der Waals surface area contributed by atoms with E-state index < -0.39 is 0 Å². The van der Waals surface area contributed by atoms with Gasteiger partial charge in [-0.25, -0.2) is 0 Å². The molecule has 0 saturated heterocycles. The zero-order chi connectivity index (χ0) is 21.5. The summed E-state index contributed by atoms with van der Waals surface area (Å²) in [6.07, 6.45) is 2.28. The van der Waals surface area contributed by atoms with Crippen molar-refractivity contribution in [2.75, 3.05) is 11.9 Å². The zero-order valence-corrected chi connectivity index (χ0v) is 17.8. The fourth-order valence-corrected chi connectivity index (χ4v) is 3.75. The topological polar surface area (TPSA) is 50.0 Å². The summed E-state index contributed by atoms with van der Waals surface area (Å²) in [5.74, 6) is 0.844. The van der Waals surface area contributed by atoms with Crippen molar-refractivity contribution >= 4 is 16.6 Å². The van der Waals surface area contributed by atoms with Gasteiger partial charge in [-0.15, -0.1) is 0 Å². The smallest absolute Gasteiger partial charge is 0.119 e. The fraction of sp³-hybridized carbons (Fsp3) is 0.222. The number of aryl methyl sites for hydroxylation is 1. The van der Waals surface area contributed by atoms with E-state index in [4.69, 9.17) is 10.00 Å². The first-order chi connectivity index (χ1) is 15.3. The van der Waals surface area contributed by atoms with Crippen molar-refractivity contribution in [2.24, 2.45) is 0 Å².